The van der Waals surface area contributed by atoms with Gasteiger partial charge in [-0.3, -0.25) is 9.48 Å². The van der Waals surface area contributed by atoms with Crippen LogP contribution in [-0.4, -0.2) is 46.4 Å². The van der Waals surface area contributed by atoms with E-state index in [2.05, 4.69) is 5.10 Å². The number of nitrogens with zero attached hydrogens (tertiary/aromatic N) is 4. The third-order valence-corrected chi connectivity index (χ3v) is 2.74. The van der Waals surface area contributed by atoms with Crippen LogP contribution in [0.3, 0.4) is 0 Å². The van der Waals surface area contributed by atoms with E-state index in [1.54, 1.807) is 29.7 Å². The fraction of sp³-hybridized carbons (Fsp3) is 0.545. The van der Waals surface area contributed by atoms with E-state index in [0.29, 0.717) is 31.0 Å². The number of carbonyl (C=O) groups is 1. The highest BCUT2D eigenvalue weighted by atomic mass is 16.5. The summed E-state index contributed by atoms with van der Waals surface area (Å²) in [5.74, 6) is -0.0841. The minimum Gasteiger partial charge on any atom is -0.360 e. The monoisotopic (exact) mass is 234 g/mol. The maximum absolute atomic E-state index is 12.2. The summed E-state index contributed by atoms with van der Waals surface area (Å²) in [5, 5.41) is 12.9. The van der Waals surface area contributed by atoms with Gasteiger partial charge in [-0.1, -0.05) is 0 Å². The summed E-state index contributed by atoms with van der Waals surface area (Å²) in [6.45, 7) is 3.05. The number of ether oxygens (including phenoxy) is 1. The van der Waals surface area contributed by atoms with Gasteiger partial charge in [-0.15, -0.1) is 0 Å². The molecule has 1 saturated heterocycles. The summed E-state index contributed by atoms with van der Waals surface area (Å²) < 4.78 is 6.82. The van der Waals surface area contributed by atoms with Crippen molar-refractivity contribution in [2.75, 3.05) is 19.7 Å². The van der Waals surface area contributed by atoms with Crippen molar-refractivity contribution >= 4 is 5.91 Å². The van der Waals surface area contributed by atoms with Gasteiger partial charge in [-0.2, -0.15) is 10.4 Å². The average Bonchev–Trinajstić information content (AvgIpc) is 2.67. The van der Waals surface area contributed by atoms with Crippen molar-refractivity contribution in [3.63, 3.8) is 0 Å². The van der Waals surface area contributed by atoms with Crippen LogP contribution in [0.25, 0.3) is 0 Å². The fourth-order valence-electron chi connectivity index (χ4n) is 1.89. The van der Waals surface area contributed by atoms with Crippen molar-refractivity contribution in [2.24, 2.45) is 7.05 Å². The molecule has 1 amide bonds. The number of aryl methyl sites for hydroxylation is 2. The number of rotatable bonds is 1. The van der Waals surface area contributed by atoms with E-state index in [1.165, 1.54) is 0 Å². The number of amides is 1. The van der Waals surface area contributed by atoms with Crippen LogP contribution >= 0.6 is 0 Å². The van der Waals surface area contributed by atoms with Crippen LogP contribution in [0.1, 0.15) is 16.1 Å². The van der Waals surface area contributed by atoms with Crippen molar-refractivity contribution in [1.29, 1.82) is 5.26 Å². The number of aromatic nitrogens is 2. The predicted molar refractivity (Wildman–Crippen MR) is 59.2 cm³/mol. The fourth-order valence-corrected chi connectivity index (χ4v) is 1.89. The SMILES string of the molecule is Cc1nn(C)cc1C(=O)N1CCOC(C#N)C1. The van der Waals surface area contributed by atoms with E-state index in [9.17, 15) is 4.79 Å². The molecule has 2 heterocycles. The van der Waals surface area contributed by atoms with Gasteiger partial charge in [0.15, 0.2) is 6.10 Å². The molecule has 0 bridgehead atoms. The molecular weight excluding hydrogens is 220 g/mol. The molecule has 0 saturated carbocycles. The zero-order chi connectivity index (χ0) is 12.4. The average molecular weight is 234 g/mol. The quantitative estimate of drug-likeness (QED) is 0.690. The third kappa shape index (κ3) is 2.29. The molecule has 0 N–H and O–H groups in total. The molecule has 1 atom stereocenters. The molecule has 1 aromatic rings. The van der Waals surface area contributed by atoms with Gasteiger partial charge in [0.2, 0.25) is 0 Å². The number of carbonyl (C=O) groups excluding carboxylic acids is 1. The zero-order valence-corrected chi connectivity index (χ0v) is 9.88. The van der Waals surface area contributed by atoms with E-state index in [0.717, 1.165) is 0 Å². The smallest absolute Gasteiger partial charge is 0.257 e. The van der Waals surface area contributed by atoms with Crippen LogP contribution in [0.15, 0.2) is 6.20 Å². The van der Waals surface area contributed by atoms with Crippen LogP contribution in [-0.2, 0) is 11.8 Å². The summed E-state index contributed by atoms with van der Waals surface area (Å²) in [6.07, 6.45) is 1.18. The Morgan fingerprint density at radius 1 is 1.71 bits per heavy atom. The lowest BCUT2D eigenvalue weighted by atomic mass is 10.2. The Balaban J connectivity index is 2.15. The van der Waals surface area contributed by atoms with Gasteiger partial charge in [-0.25, -0.2) is 0 Å². The minimum absolute atomic E-state index is 0.0841. The maximum atomic E-state index is 12.2. The molecule has 0 aliphatic carbocycles. The normalized spacial score (nSPS) is 20.1. The van der Waals surface area contributed by atoms with Gasteiger partial charge in [0.25, 0.3) is 5.91 Å². The second-order valence-corrected chi connectivity index (χ2v) is 4.04. The summed E-state index contributed by atoms with van der Waals surface area (Å²) >= 11 is 0. The highest BCUT2D eigenvalue weighted by Crippen LogP contribution is 2.12. The Morgan fingerprint density at radius 3 is 3.06 bits per heavy atom. The molecule has 0 radical (unpaired) electrons. The van der Waals surface area contributed by atoms with E-state index >= 15 is 0 Å². The Bertz CT molecular complexity index is 474. The standard InChI is InChI=1S/C11H14N4O2/c1-8-10(7-14(2)13-8)11(16)15-3-4-17-9(5-12)6-15/h7,9H,3-4,6H2,1-2H3. The van der Waals surface area contributed by atoms with Crippen molar-refractivity contribution in [2.45, 2.75) is 13.0 Å². The van der Waals surface area contributed by atoms with Gasteiger partial charge < -0.3 is 9.64 Å². The van der Waals surface area contributed by atoms with Crippen LogP contribution < -0.4 is 0 Å². The molecule has 90 valence electrons. The van der Waals surface area contributed by atoms with E-state index in [4.69, 9.17) is 10.00 Å². The molecule has 1 aromatic heterocycles. The summed E-state index contributed by atoms with van der Waals surface area (Å²) in [6, 6.07) is 2.02. The van der Waals surface area contributed by atoms with Gasteiger partial charge in [0, 0.05) is 19.8 Å². The largest absolute Gasteiger partial charge is 0.360 e. The third-order valence-electron chi connectivity index (χ3n) is 2.74. The molecule has 1 unspecified atom stereocenters. The summed E-state index contributed by atoms with van der Waals surface area (Å²) in [4.78, 5) is 13.8. The lowest BCUT2D eigenvalue weighted by Gasteiger charge is -2.29. The Kier molecular flexibility index (Phi) is 3.11. The van der Waals surface area contributed by atoms with Crippen molar-refractivity contribution in [1.82, 2.24) is 14.7 Å². The molecule has 1 aliphatic rings. The van der Waals surface area contributed by atoms with Crippen LogP contribution in [0.2, 0.25) is 0 Å². The second kappa shape index (κ2) is 4.55. The molecular formula is C11H14N4O2. The molecule has 17 heavy (non-hydrogen) atoms. The lowest BCUT2D eigenvalue weighted by Crippen LogP contribution is -2.45. The highest BCUT2D eigenvalue weighted by Gasteiger charge is 2.26. The van der Waals surface area contributed by atoms with Crippen molar-refractivity contribution < 1.29 is 9.53 Å². The van der Waals surface area contributed by atoms with Crippen molar-refractivity contribution in [3.05, 3.63) is 17.5 Å². The molecule has 0 aromatic carbocycles. The number of hydrogen-bond donors (Lipinski definition) is 0. The van der Waals surface area contributed by atoms with Crippen LogP contribution in [0.5, 0.6) is 0 Å². The summed E-state index contributed by atoms with van der Waals surface area (Å²) in [5.41, 5.74) is 1.29. The number of nitriles is 1. The molecule has 1 fully saturated rings. The zero-order valence-electron chi connectivity index (χ0n) is 9.88. The van der Waals surface area contributed by atoms with Crippen LogP contribution in [0.4, 0.5) is 0 Å². The Morgan fingerprint density at radius 2 is 2.47 bits per heavy atom. The first-order valence-corrected chi connectivity index (χ1v) is 5.42. The Hall–Kier alpha value is -1.87. The molecule has 0 spiro atoms. The topological polar surface area (TPSA) is 71.2 Å². The van der Waals surface area contributed by atoms with Gasteiger partial charge >= 0.3 is 0 Å². The van der Waals surface area contributed by atoms with E-state index < -0.39 is 6.10 Å². The first-order valence-electron chi connectivity index (χ1n) is 5.42. The van der Waals surface area contributed by atoms with Crippen LogP contribution in [0, 0.1) is 18.3 Å². The number of morpholine rings is 1. The van der Waals surface area contributed by atoms with Gasteiger partial charge in [0.05, 0.1) is 30.5 Å². The maximum Gasteiger partial charge on any atom is 0.257 e. The van der Waals surface area contributed by atoms with Gasteiger partial charge in [0.1, 0.15) is 0 Å². The predicted octanol–water partition coefficient (Wildman–Crippen LogP) is 0.0931. The molecule has 1 aliphatic heterocycles. The summed E-state index contributed by atoms with van der Waals surface area (Å²) in [7, 11) is 1.78. The molecule has 2 rings (SSSR count). The van der Waals surface area contributed by atoms with Crippen molar-refractivity contribution in [3.8, 4) is 6.07 Å². The van der Waals surface area contributed by atoms with Gasteiger partial charge in [-0.05, 0) is 6.92 Å². The molecule has 6 nitrogen and oxygen atoms in total. The highest BCUT2D eigenvalue weighted by molar-refractivity contribution is 5.95. The number of hydrogen-bond acceptors (Lipinski definition) is 4. The first-order chi connectivity index (χ1) is 8.11. The van der Waals surface area contributed by atoms with E-state index in [-0.39, 0.29) is 5.91 Å². The minimum atomic E-state index is -0.523. The lowest BCUT2D eigenvalue weighted by molar-refractivity contribution is 0.00343. The Labute approximate surface area is 99.4 Å². The van der Waals surface area contributed by atoms with E-state index in [1.807, 2.05) is 6.07 Å². The second-order valence-electron chi connectivity index (χ2n) is 4.04. The first kappa shape index (κ1) is 11.6. The molecule has 6 heteroatoms.